The molecule has 2 heterocycles. The maximum Gasteiger partial charge on any atom is 0.117 e. The number of hydrogen-bond acceptors (Lipinski definition) is 3. The number of nitrogens with zero attached hydrogens (tertiary/aromatic N) is 1. The molecule has 0 spiro atoms. The van der Waals surface area contributed by atoms with E-state index in [9.17, 15) is 0 Å². The van der Waals surface area contributed by atoms with Crippen molar-refractivity contribution in [3.63, 3.8) is 0 Å². The zero-order chi connectivity index (χ0) is 10.5. The molecule has 1 saturated heterocycles. The lowest BCUT2D eigenvalue weighted by Gasteiger charge is -2.13. The minimum atomic E-state index is 0.819. The smallest absolute Gasteiger partial charge is 0.117 e. The zero-order valence-electron chi connectivity index (χ0n) is 9.41. The summed E-state index contributed by atoms with van der Waals surface area (Å²) in [6.07, 6.45) is 3.06. The van der Waals surface area contributed by atoms with Crippen LogP contribution in [0.3, 0.4) is 0 Å². The van der Waals surface area contributed by atoms with Gasteiger partial charge in [0, 0.05) is 6.54 Å². The lowest BCUT2D eigenvalue weighted by Crippen LogP contribution is -2.26. The van der Waals surface area contributed by atoms with Crippen molar-refractivity contribution >= 4 is 0 Å². The van der Waals surface area contributed by atoms with Crippen LogP contribution < -0.4 is 5.32 Å². The molecule has 0 aliphatic carbocycles. The van der Waals surface area contributed by atoms with Crippen LogP contribution in [0.2, 0.25) is 0 Å². The minimum Gasteiger partial charge on any atom is -0.468 e. The van der Waals surface area contributed by atoms with Crippen LogP contribution in [0.1, 0.15) is 19.1 Å². The van der Waals surface area contributed by atoms with Gasteiger partial charge < -0.3 is 14.6 Å². The third-order valence-corrected chi connectivity index (χ3v) is 3.13. The van der Waals surface area contributed by atoms with Gasteiger partial charge in [-0.2, -0.15) is 0 Å². The van der Waals surface area contributed by atoms with E-state index in [0.717, 1.165) is 24.8 Å². The molecule has 0 aromatic carbocycles. The van der Waals surface area contributed by atoms with E-state index in [1.54, 1.807) is 6.26 Å². The second kappa shape index (κ2) is 5.33. The first-order valence-electron chi connectivity index (χ1n) is 5.84. The van der Waals surface area contributed by atoms with Crippen molar-refractivity contribution in [2.45, 2.75) is 19.9 Å². The third kappa shape index (κ3) is 3.08. The van der Waals surface area contributed by atoms with Gasteiger partial charge in [0.1, 0.15) is 5.76 Å². The van der Waals surface area contributed by atoms with Crippen molar-refractivity contribution in [3.8, 4) is 0 Å². The molecule has 3 heteroatoms. The largest absolute Gasteiger partial charge is 0.468 e. The summed E-state index contributed by atoms with van der Waals surface area (Å²) in [5, 5.41) is 3.45. The maximum absolute atomic E-state index is 5.27. The Hall–Kier alpha value is -0.800. The normalized spacial score (nSPS) is 22.3. The van der Waals surface area contributed by atoms with Gasteiger partial charge in [-0.05, 0) is 44.1 Å². The maximum atomic E-state index is 5.27. The summed E-state index contributed by atoms with van der Waals surface area (Å²) >= 11 is 0. The van der Waals surface area contributed by atoms with E-state index in [-0.39, 0.29) is 0 Å². The minimum absolute atomic E-state index is 0.819. The van der Waals surface area contributed by atoms with Gasteiger partial charge in [0.2, 0.25) is 0 Å². The summed E-state index contributed by atoms with van der Waals surface area (Å²) < 4.78 is 5.27. The van der Waals surface area contributed by atoms with E-state index in [1.807, 2.05) is 12.1 Å². The summed E-state index contributed by atoms with van der Waals surface area (Å²) in [7, 11) is 0. The number of likely N-dealkylation sites (tertiary alicyclic amines) is 1. The molecule has 2 rings (SSSR count). The monoisotopic (exact) mass is 208 g/mol. The molecule has 1 fully saturated rings. The van der Waals surface area contributed by atoms with E-state index < -0.39 is 0 Å². The Kier molecular flexibility index (Phi) is 3.80. The summed E-state index contributed by atoms with van der Waals surface area (Å²) in [4.78, 5) is 2.51. The standard InChI is InChI=1S/C12H20N2O/c1-2-14-6-5-11(10-14)8-13-9-12-4-3-7-15-12/h3-4,7,11,13H,2,5-6,8-10H2,1H3. The fraction of sp³-hybridized carbons (Fsp3) is 0.667. The van der Waals surface area contributed by atoms with Gasteiger partial charge in [0.05, 0.1) is 12.8 Å². The van der Waals surface area contributed by atoms with Crippen molar-refractivity contribution in [3.05, 3.63) is 24.2 Å². The van der Waals surface area contributed by atoms with Crippen LogP contribution in [0.5, 0.6) is 0 Å². The molecule has 1 aromatic rings. The second-order valence-electron chi connectivity index (χ2n) is 4.26. The van der Waals surface area contributed by atoms with Crippen LogP contribution >= 0.6 is 0 Å². The molecule has 1 aromatic heterocycles. The van der Waals surface area contributed by atoms with Gasteiger partial charge in [0.25, 0.3) is 0 Å². The third-order valence-electron chi connectivity index (χ3n) is 3.13. The van der Waals surface area contributed by atoms with Crippen LogP contribution in [0.4, 0.5) is 0 Å². The van der Waals surface area contributed by atoms with Gasteiger partial charge in [-0.3, -0.25) is 0 Å². The summed E-state index contributed by atoms with van der Waals surface area (Å²) in [6, 6.07) is 3.95. The van der Waals surface area contributed by atoms with E-state index in [4.69, 9.17) is 4.42 Å². The average Bonchev–Trinajstić information content (AvgIpc) is 2.88. The highest BCUT2D eigenvalue weighted by Gasteiger charge is 2.20. The number of nitrogens with one attached hydrogen (secondary N) is 1. The summed E-state index contributed by atoms with van der Waals surface area (Å²) in [5.41, 5.74) is 0. The molecular weight excluding hydrogens is 188 g/mol. The second-order valence-corrected chi connectivity index (χ2v) is 4.26. The van der Waals surface area contributed by atoms with E-state index >= 15 is 0 Å². The SMILES string of the molecule is CCN1CCC(CNCc2ccco2)C1. The highest BCUT2D eigenvalue weighted by atomic mass is 16.3. The fourth-order valence-corrected chi connectivity index (χ4v) is 2.18. The quantitative estimate of drug-likeness (QED) is 0.798. The number of hydrogen-bond donors (Lipinski definition) is 1. The zero-order valence-corrected chi connectivity index (χ0v) is 9.41. The summed E-state index contributed by atoms with van der Waals surface area (Å²) in [5.74, 6) is 1.85. The van der Waals surface area contributed by atoms with Crippen LogP contribution in [0.15, 0.2) is 22.8 Å². The first-order chi connectivity index (χ1) is 7.38. The molecule has 0 amide bonds. The Bertz CT molecular complexity index is 271. The van der Waals surface area contributed by atoms with Crippen molar-refractivity contribution in [2.75, 3.05) is 26.2 Å². The Morgan fingerprint density at radius 2 is 2.53 bits per heavy atom. The molecule has 84 valence electrons. The first-order valence-corrected chi connectivity index (χ1v) is 5.84. The first kappa shape index (κ1) is 10.7. The number of rotatable bonds is 5. The van der Waals surface area contributed by atoms with Crippen LogP contribution in [0, 0.1) is 5.92 Å². The highest BCUT2D eigenvalue weighted by Crippen LogP contribution is 2.14. The fourth-order valence-electron chi connectivity index (χ4n) is 2.18. The van der Waals surface area contributed by atoms with Gasteiger partial charge in [0.15, 0.2) is 0 Å². The molecule has 15 heavy (non-hydrogen) atoms. The Morgan fingerprint density at radius 1 is 1.60 bits per heavy atom. The highest BCUT2D eigenvalue weighted by molar-refractivity contribution is 4.97. The topological polar surface area (TPSA) is 28.4 Å². The lowest BCUT2D eigenvalue weighted by atomic mass is 10.1. The van der Waals surface area contributed by atoms with Gasteiger partial charge in [-0.1, -0.05) is 6.92 Å². The van der Waals surface area contributed by atoms with Crippen LogP contribution in [0.25, 0.3) is 0 Å². The molecule has 1 unspecified atom stereocenters. The Morgan fingerprint density at radius 3 is 3.20 bits per heavy atom. The van der Waals surface area contributed by atoms with Gasteiger partial charge in [-0.15, -0.1) is 0 Å². The molecule has 0 bridgehead atoms. The Labute approximate surface area is 91.4 Å². The van der Waals surface area contributed by atoms with E-state index in [0.29, 0.717) is 0 Å². The van der Waals surface area contributed by atoms with Gasteiger partial charge in [-0.25, -0.2) is 0 Å². The molecule has 0 radical (unpaired) electrons. The molecule has 1 atom stereocenters. The summed E-state index contributed by atoms with van der Waals surface area (Å²) in [6.45, 7) is 7.91. The predicted octanol–water partition coefficient (Wildman–Crippen LogP) is 1.71. The van der Waals surface area contributed by atoms with E-state index in [1.165, 1.54) is 26.1 Å². The molecule has 0 saturated carbocycles. The Balaban J connectivity index is 1.63. The predicted molar refractivity (Wildman–Crippen MR) is 60.6 cm³/mol. The van der Waals surface area contributed by atoms with Gasteiger partial charge >= 0.3 is 0 Å². The number of furan rings is 1. The lowest BCUT2D eigenvalue weighted by molar-refractivity contribution is 0.337. The molecule has 1 aliphatic heterocycles. The molecule has 1 N–H and O–H groups in total. The van der Waals surface area contributed by atoms with Crippen molar-refractivity contribution in [2.24, 2.45) is 5.92 Å². The van der Waals surface area contributed by atoms with Crippen molar-refractivity contribution in [1.29, 1.82) is 0 Å². The van der Waals surface area contributed by atoms with Crippen molar-refractivity contribution < 1.29 is 4.42 Å². The van der Waals surface area contributed by atoms with Crippen LogP contribution in [-0.2, 0) is 6.54 Å². The molecule has 3 nitrogen and oxygen atoms in total. The average molecular weight is 208 g/mol. The molecular formula is C12H20N2O. The van der Waals surface area contributed by atoms with Crippen molar-refractivity contribution in [1.82, 2.24) is 10.2 Å². The van der Waals surface area contributed by atoms with Crippen LogP contribution in [-0.4, -0.2) is 31.1 Å². The van der Waals surface area contributed by atoms with E-state index in [2.05, 4.69) is 17.1 Å². The molecule has 1 aliphatic rings.